The van der Waals surface area contributed by atoms with E-state index in [4.69, 9.17) is 0 Å². The van der Waals surface area contributed by atoms with Crippen molar-refractivity contribution in [3.63, 3.8) is 0 Å². The summed E-state index contributed by atoms with van der Waals surface area (Å²) in [4.78, 5) is 16.1. The van der Waals surface area contributed by atoms with Gasteiger partial charge in [-0.3, -0.25) is 10.1 Å². The monoisotopic (exact) mass is 369 g/mol. The highest BCUT2D eigenvalue weighted by molar-refractivity contribution is 9.10. The fourth-order valence-electron chi connectivity index (χ4n) is 2.15. The molecular formula is C14H16BrN3O2S. The topological polar surface area (TPSA) is 68.1 Å². The summed E-state index contributed by atoms with van der Waals surface area (Å²) in [5.74, 6) is 0. The average Bonchev–Trinajstić information content (AvgIpc) is 2.74. The molecule has 0 aliphatic heterocycles. The zero-order valence-corrected chi connectivity index (χ0v) is 14.4. The van der Waals surface area contributed by atoms with Gasteiger partial charge in [0.2, 0.25) is 0 Å². The van der Waals surface area contributed by atoms with Crippen molar-refractivity contribution in [1.29, 1.82) is 0 Å². The SMILES string of the molecule is Cc1nc(C)c(C(C)NCc2cc(Br)cc([N+](=O)[O-])c2)s1. The van der Waals surface area contributed by atoms with Gasteiger partial charge < -0.3 is 5.32 Å². The number of aryl methyl sites for hydroxylation is 2. The van der Waals surface area contributed by atoms with Crippen molar-refractivity contribution in [2.45, 2.75) is 33.4 Å². The number of nitro groups is 1. The van der Waals surface area contributed by atoms with Crippen LogP contribution in [0, 0.1) is 24.0 Å². The number of non-ortho nitro benzene ring substituents is 1. The lowest BCUT2D eigenvalue weighted by Gasteiger charge is -2.13. The highest BCUT2D eigenvalue weighted by Gasteiger charge is 2.14. The number of nitro benzene ring substituents is 1. The van der Waals surface area contributed by atoms with E-state index in [0.717, 1.165) is 16.3 Å². The summed E-state index contributed by atoms with van der Waals surface area (Å²) in [6, 6.07) is 5.14. The third-order valence-corrected chi connectivity index (χ3v) is 4.81. The predicted molar refractivity (Wildman–Crippen MR) is 87.6 cm³/mol. The van der Waals surface area contributed by atoms with Crippen LogP contribution in [0.1, 0.15) is 34.1 Å². The van der Waals surface area contributed by atoms with Gasteiger partial charge in [0.25, 0.3) is 5.69 Å². The van der Waals surface area contributed by atoms with Crippen LogP contribution in [-0.2, 0) is 6.54 Å². The molecule has 0 radical (unpaired) electrons. The number of nitrogens with one attached hydrogen (secondary N) is 1. The zero-order valence-electron chi connectivity index (χ0n) is 12.0. The standard InChI is InChI=1S/C14H16BrN3O2S/c1-8(14-9(2)17-10(3)21-14)16-7-11-4-12(15)6-13(5-11)18(19)20/h4-6,8,16H,7H2,1-3H3. The van der Waals surface area contributed by atoms with Gasteiger partial charge in [-0.15, -0.1) is 11.3 Å². The Labute approximate surface area is 135 Å². The number of nitrogens with zero attached hydrogens (tertiary/aromatic N) is 2. The Kier molecular flexibility index (Phi) is 5.08. The number of rotatable bonds is 5. The van der Waals surface area contributed by atoms with E-state index in [1.54, 1.807) is 17.4 Å². The largest absolute Gasteiger partial charge is 0.305 e. The molecule has 0 amide bonds. The molecule has 21 heavy (non-hydrogen) atoms. The van der Waals surface area contributed by atoms with E-state index in [0.29, 0.717) is 11.0 Å². The summed E-state index contributed by atoms with van der Waals surface area (Å²) in [7, 11) is 0. The molecule has 1 N–H and O–H groups in total. The van der Waals surface area contributed by atoms with Gasteiger partial charge in [-0.25, -0.2) is 4.98 Å². The number of benzene rings is 1. The Morgan fingerprint density at radius 3 is 2.71 bits per heavy atom. The summed E-state index contributed by atoms with van der Waals surface area (Å²) < 4.78 is 0.714. The Bertz CT molecular complexity index is 672. The average molecular weight is 370 g/mol. The minimum atomic E-state index is -0.381. The quantitative estimate of drug-likeness (QED) is 0.630. The number of hydrogen-bond donors (Lipinski definition) is 1. The molecule has 1 aromatic carbocycles. The number of thiazole rings is 1. The maximum atomic E-state index is 10.9. The van der Waals surface area contributed by atoms with Crippen molar-refractivity contribution >= 4 is 33.0 Å². The van der Waals surface area contributed by atoms with E-state index in [9.17, 15) is 10.1 Å². The van der Waals surface area contributed by atoms with E-state index < -0.39 is 0 Å². The molecule has 0 spiro atoms. The number of halogens is 1. The van der Waals surface area contributed by atoms with Crippen molar-refractivity contribution in [3.05, 3.63) is 53.9 Å². The summed E-state index contributed by atoms with van der Waals surface area (Å²) in [5, 5.41) is 15.3. The molecule has 5 nitrogen and oxygen atoms in total. The molecule has 0 bridgehead atoms. The van der Waals surface area contributed by atoms with Crippen LogP contribution in [0.4, 0.5) is 5.69 Å². The van der Waals surface area contributed by atoms with Crippen LogP contribution >= 0.6 is 27.3 Å². The number of hydrogen-bond acceptors (Lipinski definition) is 5. The Balaban J connectivity index is 2.09. The Morgan fingerprint density at radius 2 is 2.14 bits per heavy atom. The highest BCUT2D eigenvalue weighted by Crippen LogP contribution is 2.26. The second-order valence-corrected chi connectivity index (χ2v) is 7.01. The maximum Gasteiger partial charge on any atom is 0.270 e. The van der Waals surface area contributed by atoms with Gasteiger partial charge in [0.15, 0.2) is 0 Å². The van der Waals surface area contributed by atoms with E-state index in [-0.39, 0.29) is 16.7 Å². The maximum absolute atomic E-state index is 10.9. The fourth-order valence-corrected chi connectivity index (χ4v) is 3.64. The number of aromatic nitrogens is 1. The second-order valence-electron chi connectivity index (χ2n) is 4.86. The first-order valence-electron chi connectivity index (χ1n) is 6.48. The van der Waals surface area contributed by atoms with Crippen LogP contribution in [0.25, 0.3) is 0 Å². The van der Waals surface area contributed by atoms with Gasteiger partial charge in [0.05, 0.1) is 15.6 Å². The first kappa shape index (κ1) is 16.1. The van der Waals surface area contributed by atoms with Crippen LogP contribution in [0.5, 0.6) is 0 Å². The molecular weight excluding hydrogens is 354 g/mol. The summed E-state index contributed by atoms with van der Waals surface area (Å²) in [6.45, 7) is 6.64. The second kappa shape index (κ2) is 6.64. The Morgan fingerprint density at radius 1 is 1.43 bits per heavy atom. The van der Waals surface area contributed by atoms with Crippen LogP contribution in [0.2, 0.25) is 0 Å². The van der Waals surface area contributed by atoms with Gasteiger partial charge >= 0.3 is 0 Å². The van der Waals surface area contributed by atoms with Gasteiger partial charge in [0, 0.05) is 34.1 Å². The van der Waals surface area contributed by atoms with Crippen molar-refractivity contribution < 1.29 is 4.92 Å². The lowest BCUT2D eigenvalue weighted by molar-refractivity contribution is -0.385. The van der Waals surface area contributed by atoms with E-state index >= 15 is 0 Å². The van der Waals surface area contributed by atoms with Crippen LogP contribution in [0.15, 0.2) is 22.7 Å². The molecule has 0 saturated carbocycles. The van der Waals surface area contributed by atoms with Gasteiger partial charge in [-0.05, 0) is 32.4 Å². The van der Waals surface area contributed by atoms with Crippen molar-refractivity contribution in [3.8, 4) is 0 Å². The minimum absolute atomic E-state index is 0.0960. The lowest BCUT2D eigenvalue weighted by atomic mass is 10.1. The molecule has 2 aromatic rings. The fraction of sp³-hybridized carbons (Fsp3) is 0.357. The summed E-state index contributed by atoms with van der Waals surface area (Å²) >= 11 is 4.99. The van der Waals surface area contributed by atoms with E-state index in [2.05, 4.69) is 33.2 Å². The molecule has 7 heteroatoms. The van der Waals surface area contributed by atoms with Crippen LogP contribution < -0.4 is 5.32 Å². The van der Waals surface area contributed by atoms with E-state index in [1.807, 2.05) is 19.9 Å². The van der Waals surface area contributed by atoms with Gasteiger partial charge in [-0.2, -0.15) is 0 Å². The van der Waals surface area contributed by atoms with Gasteiger partial charge in [-0.1, -0.05) is 15.9 Å². The lowest BCUT2D eigenvalue weighted by Crippen LogP contribution is -2.18. The Hall–Kier alpha value is -1.31. The summed E-state index contributed by atoms with van der Waals surface area (Å²) in [6.07, 6.45) is 0. The van der Waals surface area contributed by atoms with E-state index in [1.165, 1.54) is 10.9 Å². The molecule has 1 unspecified atom stereocenters. The van der Waals surface area contributed by atoms with Crippen LogP contribution in [0.3, 0.4) is 0 Å². The van der Waals surface area contributed by atoms with Crippen molar-refractivity contribution in [1.82, 2.24) is 10.3 Å². The third-order valence-electron chi connectivity index (χ3n) is 3.10. The molecule has 0 aliphatic rings. The summed E-state index contributed by atoms with van der Waals surface area (Å²) in [5.41, 5.74) is 2.01. The molecule has 2 rings (SSSR count). The first-order chi connectivity index (χ1) is 9.86. The molecule has 1 heterocycles. The molecule has 0 fully saturated rings. The smallest absolute Gasteiger partial charge is 0.270 e. The van der Waals surface area contributed by atoms with Crippen LogP contribution in [-0.4, -0.2) is 9.91 Å². The first-order valence-corrected chi connectivity index (χ1v) is 8.09. The third kappa shape index (κ3) is 4.09. The molecule has 112 valence electrons. The molecule has 0 saturated heterocycles. The van der Waals surface area contributed by atoms with Crippen molar-refractivity contribution in [2.75, 3.05) is 0 Å². The molecule has 1 aromatic heterocycles. The normalized spacial score (nSPS) is 12.4. The van der Waals surface area contributed by atoms with Gasteiger partial charge in [0.1, 0.15) is 0 Å². The zero-order chi connectivity index (χ0) is 15.6. The minimum Gasteiger partial charge on any atom is -0.305 e. The van der Waals surface area contributed by atoms with Crippen molar-refractivity contribution in [2.24, 2.45) is 0 Å². The highest BCUT2D eigenvalue weighted by atomic mass is 79.9. The molecule has 1 atom stereocenters. The predicted octanol–water partition coefficient (Wildman–Crippen LogP) is 4.28. The molecule has 0 aliphatic carbocycles.